The van der Waals surface area contributed by atoms with Gasteiger partial charge in [-0.2, -0.15) is 0 Å². The highest BCUT2D eigenvalue weighted by atomic mass is 127. The number of aryl methyl sites for hydroxylation is 1. The molecule has 0 aromatic heterocycles. The first kappa shape index (κ1) is 10.5. The maximum absolute atomic E-state index is 11.4. The lowest BCUT2D eigenvalue weighted by atomic mass is 10.1. The summed E-state index contributed by atoms with van der Waals surface area (Å²) in [5.41, 5.74) is 1.63. The van der Waals surface area contributed by atoms with Crippen LogP contribution in [-0.4, -0.2) is 17.0 Å². The van der Waals surface area contributed by atoms with Crippen molar-refractivity contribution >= 4 is 5.97 Å². The van der Waals surface area contributed by atoms with Crippen LogP contribution in [0.25, 0.3) is 0 Å². The molecule has 0 radical (unpaired) electrons. The van der Waals surface area contributed by atoms with Crippen molar-refractivity contribution in [1.29, 1.82) is 0 Å². The molecule has 0 fully saturated rings. The van der Waals surface area contributed by atoms with Gasteiger partial charge in [0.25, 0.3) is 22.6 Å². The lowest BCUT2D eigenvalue weighted by Crippen LogP contribution is -3.35. The van der Waals surface area contributed by atoms with E-state index in [2.05, 4.69) is 0 Å². The van der Waals surface area contributed by atoms with Gasteiger partial charge in [0.1, 0.15) is 6.61 Å². The number of halogens is 1. The molecule has 3 heteroatoms. The highest BCUT2D eigenvalue weighted by Crippen LogP contribution is 2.07. The Morgan fingerprint density at radius 1 is 1.46 bits per heavy atom. The predicted molar refractivity (Wildman–Crippen MR) is 47.7 cm³/mol. The molecule has 70 valence electrons. The summed E-state index contributed by atoms with van der Waals surface area (Å²) in [6, 6.07) is 7.44. The number of alkyl halides is 1. The van der Waals surface area contributed by atoms with Gasteiger partial charge in [0.15, 0.2) is 4.43 Å². The number of rotatable bonds is 3. The highest BCUT2D eigenvalue weighted by molar-refractivity contribution is 5.90. The fraction of sp³-hybridized carbons (Fsp3) is 0.300. The van der Waals surface area contributed by atoms with E-state index < -0.39 is 0 Å². The fourth-order valence-corrected chi connectivity index (χ4v) is 1.25. The molecule has 0 N–H and O–H groups in total. The minimum atomic E-state index is -0.221. The summed E-state index contributed by atoms with van der Waals surface area (Å²) in [5, 5.41) is 0. The lowest BCUT2D eigenvalue weighted by molar-refractivity contribution is -0.371. The summed E-state index contributed by atoms with van der Waals surface area (Å²) in [5.74, 6) is -0.221. The molecule has 0 spiro atoms. The summed E-state index contributed by atoms with van der Waals surface area (Å²) >= 11 is 1.91. The second-order valence-corrected chi connectivity index (χ2v) is 3.82. The Balaban J connectivity index is 2.71. The van der Waals surface area contributed by atoms with Crippen molar-refractivity contribution in [3.8, 4) is 0 Å². The monoisotopic (exact) mass is 291 g/mol. The van der Waals surface area contributed by atoms with E-state index in [-0.39, 0.29) is 5.97 Å². The van der Waals surface area contributed by atoms with Gasteiger partial charge in [0.2, 0.25) is 0 Å². The molecule has 13 heavy (non-hydrogen) atoms. The molecule has 0 bridgehead atoms. The van der Waals surface area contributed by atoms with Gasteiger partial charge >= 0.3 is 5.97 Å². The first-order chi connectivity index (χ1) is 6.25. The summed E-state index contributed by atoms with van der Waals surface area (Å²) in [7, 11) is 0. The van der Waals surface area contributed by atoms with Crippen LogP contribution in [0.15, 0.2) is 24.3 Å². The Bertz CT molecular complexity index is 297. The molecule has 0 aliphatic carbocycles. The quantitative estimate of drug-likeness (QED) is 0.382. The maximum atomic E-state index is 11.4. The largest absolute Gasteiger partial charge is 0.458 e. The van der Waals surface area contributed by atoms with Crippen molar-refractivity contribution in [2.45, 2.75) is 6.92 Å². The Morgan fingerprint density at radius 2 is 2.15 bits per heavy atom. The van der Waals surface area contributed by atoms with Gasteiger partial charge in [0, 0.05) is 0 Å². The average molecular weight is 291 g/mol. The first-order valence-corrected chi connectivity index (χ1v) is 5.71. The molecule has 0 aliphatic heterocycles. The molecule has 0 unspecified atom stereocenters. The van der Waals surface area contributed by atoms with Crippen LogP contribution < -0.4 is 22.6 Å². The third kappa shape index (κ3) is 2.99. The van der Waals surface area contributed by atoms with Crippen molar-refractivity contribution in [3.05, 3.63) is 35.4 Å². The van der Waals surface area contributed by atoms with Crippen LogP contribution in [0, 0.1) is 6.92 Å². The molecule has 1 aromatic carbocycles. The molecule has 0 saturated carbocycles. The maximum Gasteiger partial charge on any atom is 0.338 e. The second kappa shape index (κ2) is 5.21. The van der Waals surface area contributed by atoms with Crippen molar-refractivity contribution in [2.24, 2.45) is 0 Å². The van der Waals surface area contributed by atoms with Gasteiger partial charge in [-0.15, -0.1) is 0 Å². The summed E-state index contributed by atoms with van der Waals surface area (Å²) in [4.78, 5) is 11.4. The zero-order valence-electron chi connectivity index (χ0n) is 7.45. The first-order valence-electron chi connectivity index (χ1n) is 4.06. The standard InChI is InChI=1S/C10H12IO2/c1-8-4-2-3-5-9(8)10(12)13-7-6-11/h2-5,11H,6-7H2,1H3/q+1. The number of benzene rings is 1. The van der Waals surface area contributed by atoms with Crippen LogP contribution in [0.5, 0.6) is 0 Å². The van der Waals surface area contributed by atoms with Crippen LogP contribution in [0.1, 0.15) is 15.9 Å². The number of esters is 1. The molecule has 1 rings (SSSR count). The molecule has 0 amide bonds. The Hall–Kier alpha value is -0.580. The minimum Gasteiger partial charge on any atom is -0.458 e. The fourth-order valence-electron chi connectivity index (χ4n) is 1.01. The number of carbonyl (C=O) groups is 1. The lowest BCUT2D eigenvalue weighted by Gasteiger charge is -2.03. The van der Waals surface area contributed by atoms with Gasteiger partial charge in [-0.1, -0.05) is 18.2 Å². The van der Waals surface area contributed by atoms with Crippen LogP contribution in [-0.2, 0) is 4.74 Å². The van der Waals surface area contributed by atoms with Crippen LogP contribution in [0.4, 0.5) is 0 Å². The molecule has 0 aliphatic rings. The summed E-state index contributed by atoms with van der Waals surface area (Å²) < 4.78 is 5.89. The predicted octanol–water partition coefficient (Wildman–Crippen LogP) is -1.56. The molecule has 0 atom stereocenters. The topological polar surface area (TPSA) is 26.3 Å². The van der Waals surface area contributed by atoms with Crippen molar-refractivity contribution in [3.63, 3.8) is 0 Å². The number of hydrogen-bond acceptors (Lipinski definition) is 2. The van der Waals surface area contributed by atoms with Crippen LogP contribution >= 0.6 is 0 Å². The van der Waals surface area contributed by atoms with Crippen LogP contribution in [0.2, 0.25) is 0 Å². The highest BCUT2D eigenvalue weighted by Gasteiger charge is 2.08. The van der Waals surface area contributed by atoms with Crippen molar-refractivity contribution in [1.82, 2.24) is 0 Å². The van der Waals surface area contributed by atoms with E-state index in [0.29, 0.717) is 12.2 Å². The SMILES string of the molecule is Cc1ccccc1C(=O)OCC[IH+]. The Kier molecular flexibility index (Phi) is 4.21. The summed E-state index contributed by atoms with van der Waals surface area (Å²) in [6.07, 6.45) is 0. The molecule has 0 heterocycles. The van der Waals surface area contributed by atoms with E-state index >= 15 is 0 Å². The number of carbonyl (C=O) groups excluding carboxylic acids is 1. The third-order valence-electron chi connectivity index (χ3n) is 1.68. The van der Waals surface area contributed by atoms with Gasteiger partial charge in [-0.3, -0.25) is 0 Å². The van der Waals surface area contributed by atoms with Gasteiger partial charge in [-0.25, -0.2) is 4.79 Å². The zero-order valence-corrected chi connectivity index (χ0v) is 9.78. The normalized spacial score (nSPS) is 9.69. The Labute approximate surface area is 91.4 Å². The zero-order chi connectivity index (χ0) is 9.68. The van der Waals surface area contributed by atoms with Crippen molar-refractivity contribution < 1.29 is 32.1 Å². The second-order valence-electron chi connectivity index (χ2n) is 2.65. The average Bonchev–Trinajstić information content (AvgIpc) is 2.15. The Morgan fingerprint density at radius 3 is 2.77 bits per heavy atom. The number of ether oxygens (including phenoxy) is 1. The van der Waals surface area contributed by atoms with E-state index in [4.69, 9.17) is 4.74 Å². The van der Waals surface area contributed by atoms with E-state index in [1.165, 1.54) is 0 Å². The van der Waals surface area contributed by atoms with E-state index in [9.17, 15) is 4.79 Å². The number of hydrogen-bond donors (Lipinski definition) is 0. The van der Waals surface area contributed by atoms with Gasteiger partial charge in [-0.05, 0) is 18.6 Å². The molecular formula is C10H12IO2+. The third-order valence-corrected chi connectivity index (χ3v) is 2.16. The molecule has 0 saturated heterocycles. The molecular weight excluding hydrogens is 279 g/mol. The minimum absolute atomic E-state index is 0.221. The van der Waals surface area contributed by atoms with Crippen LogP contribution in [0.3, 0.4) is 0 Å². The van der Waals surface area contributed by atoms with E-state index in [1.807, 2.05) is 47.7 Å². The van der Waals surface area contributed by atoms with Gasteiger partial charge in [0.05, 0.1) is 5.56 Å². The van der Waals surface area contributed by atoms with E-state index in [0.717, 1.165) is 9.99 Å². The molecule has 2 nitrogen and oxygen atoms in total. The van der Waals surface area contributed by atoms with Crippen molar-refractivity contribution in [2.75, 3.05) is 11.0 Å². The van der Waals surface area contributed by atoms with E-state index in [1.54, 1.807) is 6.07 Å². The van der Waals surface area contributed by atoms with Gasteiger partial charge < -0.3 is 4.74 Å². The smallest absolute Gasteiger partial charge is 0.338 e. The summed E-state index contributed by atoms with van der Waals surface area (Å²) in [6.45, 7) is 2.40. The molecule has 1 aromatic rings.